The van der Waals surface area contributed by atoms with Crippen molar-refractivity contribution in [1.29, 1.82) is 5.41 Å². The van der Waals surface area contributed by atoms with Crippen LogP contribution in [-0.2, 0) is 0 Å². The molecule has 0 atom stereocenters. The van der Waals surface area contributed by atoms with Crippen molar-refractivity contribution in [1.82, 2.24) is 5.32 Å². The van der Waals surface area contributed by atoms with Crippen molar-refractivity contribution >= 4 is 6.21 Å². The minimum Gasteiger partial charge on any atom is -0.386 e. The smallest absolute Gasteiger partial charge is 0.0253 e. The summed E-state index contributed by atoms with van der Waals surface area (Å²) in [5.41, 5.74) is 7.41. The van der Waals surface area contributed by atoms with E-state index in [0.29, 0.717) is 12.6 Å². The Morgan fingerprint density at radius 3 is 2.31 bits per heavy atom. The number of hydrogen-bond donors (Lipinski definition) is 3. The molecule has 3 heteroatoms. The van der Waals surface area contributed by atoms with Gasteiger partial charge < -0.3 is 16.5 Å². The van der Waals surface area contributed by atoms with E-state index in [9.17, 15) is 0 Å². The summed E-state index contributed by atoms with van der Waals surface area (Å²) in [7, 11) is 0. The summed E-state index contributed by atoms with van der Waals surface area (Å²) in [4.78, 5) is 0. The highest BCUT2D eigenvalue weighted by atomic mass is 14.9. The summed E-state index contributed by atoms with van der Waals surface area (Å²) in [6, 6.07) is 0.501. The van der Waals surface area contributed by atoms with Crippen molar-refractivity contribution < 1.29 is 0 Å². The second-order valence-corrected chi connectivity index (χ2v) is 3.16. The lowest BCUT2D eigenvalue weighted by molar-refractivity contribution is 0.532. The molecule has 0 amide bonds. The Balaban J connectivity index is 4.31. The average Bonchev–Trinajstić information content (AvgIpc) is 2.16. The highest BCUT2D eigenvalue weighted by molar-refractivity contribution is 5.77. The molecule has 0 aromatic heterocycles. The van der Waals surface area contributed by atoms with Gasteiger partial charge in [-0.25, -0.2) is 0 Å². The van der Waals surface area contributed by atoms with Crippen LogP contribution in [0.4, 0.5) is 0 Å². The van der Waals surface area contributed by atoms with Crippen LogP contribution in [0.5, 0.6) is 0 Å². The largest absolute Gasteiger partial charge is 0.386 e. The Morgan fingerprint density at radius 2 is 2.00 bits per heavy atom. The molecule has 13 heavy (non-hydrogen) atoms. The van der Waals surface area contributed by atoms with E-state index in [-0.39, 0.29) is 0 Å². The van der Waals surface area contributed by atoms with Crippen LogP contribution in [0.2, 0.25) is 0 Å². The first-order chi connectivity index (χ1) is 6.19. The molecule has 4 N–H and O–H groups in total. The molecule has 0 spiro atoms. The van der Waals surface area contributed by atoms with E-state index in [1.807, 2.05) is 6.92 Å². The lowest BCUT2D eigenvalue weighted by atomic mass is 10.1. The van der Waals surface area contributed by atoms with Crippen LogP contribution < -0.4 is 11.1 Å². The third kappa shape index (κ3) is 4.08. The molecule has 0 aliphatic rings. The van der Waals surface area contributed by atoms with E-state index < -0.39 is 0 Å². The molecule has 0 aromatic rings. The number of allylic oxidation sites excluding steroid dienone is 1. The monoisotopic (exact) mass is 183 g/mol. The summed E-state index contributed by atoms with van der Waals surface area (Å²) in [6.07, 6.45) is 3.53. The Hall–Kier alpha value is -0.830. The summed E-state index contributed by atoms with van der Waals surface area (Å²) in [5.74, 6) is 0. The fraction of sp³-hybridized carbons (Fsp3) is 0.700. The van der Waals surface area contributed by atoms with Crippen LogP contribution in [0.3, 0.4) is 0 Å². The molecule has 76 valence electrons. The van der Waals surface area contributed by atoms with E-state index in [0.717, 1.165) is 24.1 Å². The third-order valence-corrected chi connectivity index (χ3v) is 2.28. The molecule has 0 saturated carbocycles. The average molecular weight is 183 g/mol. The highest BCUT2D eigenvalue weighted by Crippen LogP contribution is 2.03. The van der Waals surface area contributed by atoms with E-state index in [1.165, 1.54) is 6.21 Å². The zero-order valence-electron chi connectivity index (χ0n) is 8.85. The molecule has 0 fully saturated rings. The number of hydrogen-bond acceptors (Lipinski definition) is 3. The Morgan fingerprint density at radius 1 is 1.46 bits per heavy atom. The molecule has 0 rings (SSSR count). The molecular weight excluding hydrogens is 162 g/mol. The van der Waals surface area contributed by atoms with E-state index in [2.05, 4.69) is 19.2 Å². The second-order valence-electron chi connectivity index (χ2n) is 3.16. The maximum Gasteiger partial charge on any atom is 0.0253 e. The maximum atomic E-state index is 7.15. The van der Waals surface area contributed by atoms with Crippen molar-refractivity contribution in [2.45, 2.75) is 39.7 Å². The Kier molecular flexibility index (Phi) is 6.24. The van der Waals surface area contributed by atoms with Crippen LogP contribution in [-0.4, -0.2) is 18.8 Å². The van der Waals surface area contributed by atoms with Crippen molar-refractivity contribution in [2.75, 3.05) is 6.54 Å². The fourth-order valence-electron chi connectivity index (χ4n) is 1.21. The lowest BCUT2D eigenvalue weighted by Gasteiger charge is -2.18. The normalized spacial score (nSPS) is 12.7. The molecule has 0 aliphatic heterocycles. The van der Waals surface area contributed by atoms with Gasteiger partial charge in [-0.2, -0.15) is 0 Å². The van der Waals surface area contributed by atoms with E-state index in [4.69, 9.17) is 11.1 Å². The van der Waals surface area contributed by atoms with Crippen LogP contribution in [0.15, 0.2) is 11.3 Å². The van der Waals surface area contributed by atoms with Gasteiger partial charge in [-0.05, 0) is 19.8 Å². The fourth-order valence-corrected chi connectivity index (χ4v) is 1.21. The molecule has 0 aromatic carbocycles. The summed E-state index contributed by atoms with van der Waals surface area (Å²) >= 11 is 0. The predicted octanol–water partition coefficient (Wildman–Crippen LogP) is 1.65. The van der Waals surface area contributed by atoms with Gasteiger partial charge in [0.2, 0.25) is 0 Å². The minimum absolute atomic E-state index is 0.433. The van der Waals surface area contributed by atoms with Gasteiger partial charge in [-0.1, -0.05) is 13.8 Å². The van der Waals surface area contributed by atoms with Gasteiger partial charge in [0.05, 0.1) is 0 Å². The zero-order valence-corrected chi connectivity index (χ0v) is 8.85. The van der Waals surface area contributed by atoms with Crippen LogP contribution in [0.25, 0.3) is 0 Å². The minimum atomic E-state index is 0.433. The first kappa shape index (κ1) is 12.2. The third-order valence-electron chi connectivity index (χ3n) is 2.28. The quantitative estimate of drug-likeness (QED) is 0.548. The summed E-state index contributed by atoms with van der Waals surface area (Å²) < 4.78 is 0. The van der Waals surface area contributed by atoms with Gasteiger partial charge in [0.1, 0.15) is 0 Å². The van der Waals surface area contributed by atoms with E-state index >= 15 is 0 Å². The topological polar surface area (TPSA) is 61.9 Å². The van der Waals surface area contributed by atoms with Crippen molar-refractivity contribution in [2.24, 2.45) is 5.73 Å². The van der Waals surface area contributed by atoms with Gasteiger partial charge in [0, 0.05) is 30.1 Å². The van der Waals surface area contributed by atoms with E-state index in [1.54, 1.807) is 0 Å². The van der Waals surface area contributed by atoms with Gasteiger partial charge in [0.15, 0.2) is 0 Å². The van der Waals surface area contributed by atoms with Crippen molar-refractivity contribution in [3.63, 3.8) is 0 Å². The van der Waals surface area contributed by atoms with Crippen LogP contribution in [0.1, 0.15) is 33.6 Å². The van der Waals surface area contributed by atoms with Crippen molar-refractivity contribution in [3.8, 4) is 0 Å². The second kappa shape index (κ2) is 6.66. The number of rotatable bonds is 6. The number of nitrogens with one attached hydrogen (secondary N) is 2. The molecule has 0 unspecified atom stereocenters. The van der Waals surface area contributed by atoms with Gasteiger partial charge >= 0.3 is 0 Å². The lowest BCUT2D eigenvalue weighted by Crippen LogP contribution is -2.28. The van der Waals surface area contributed by atoms with Gasteiger partial charge in [-0.15, -0.1) is 0 Å². The highest BCUT2D eigenvalue weighted by Gasteiger charge is 2.04. The molecule has 0 saturated heterocycles. The first-order valence-corrected chi connectivity index (χ1v) is 4.86. The van der Waals surface area contributed by atoms with Crippen LogP contribution >= 0.6 is 0 Å². The molecule has 0 aliphatic carbocycles. The SMILES string of the molecule is CCC(CC)N/C(C)=C(\C=N)CN. The standard InChI is InChI=1S/C10H21N3/c1-4-10(5-2)13-8(3)9(6-11)7-12/h6,10-11,13H,4-5,7,12H2,1-3H3/b9-8+,11-6?. The molecule has 0 heterocycles. The van der Waals surface area contributed by atoms with Crippen LogP contribution in [0, 0.1) is 5.41 Å². The summed E-state index contributed by atoms with van der Waals surface area (Å²) in [5, 5.41) is 10.5. The maximum absolute atomic E-state index is 7.15. The zero-order chi connectivity index (χ0) is 10.3. The summed E-state index contributed by atoms with van der Waals surface area (Å²) in [6.45, 7) is 6.72. The van der Waals surface area contributed by atoms with Crippen molar-refractivity contribution in [3.05, 3.63) is 11.3 Å². The Labute approximate surface area is 80.9 Å². The molecule has 0 radical (unpaired) electrons. The molecule has 3 nitrogen and oxygen atoms in total. The number of nitrogens with two attached hydrogens (primary N) is 1. The predicted molar refractivity (Wildman–Crippen MR) is 58.0 cm³/mol. The molecular formula is C10H21N3. The Bertz CT molecular complexity index is 181. The molecule has 0 bridgehead atoms. The van der Waals surface area contributed by atoms with Gasteiger partial charge in [-0.3, -0.25) is 0 Å². The van der Waals surface area contributed by atoms with Gasteiger partial charge in [0.25, 0.3) is 0 Å². The first-order valence-electron chi connectivity index (χ1n) is 4.86.